The van der Waals surface area contributed by atoms with Crippen LogP contribution in [0.15, 0.2) is 42.5 Å². The zero-order valence-electron chi connectivity index (χ0n) is 10.8. The number of carboxylic acids is 1. The maximum atomic E-state index is 11.1. The van der Waals surface area contributed by atoms with Gasteiger partial charge < -0.3 is 16.2 Å². The maximum Gasteiger partial charge on any atom is 0.337 e. The fourth-order valence-electron chi connectivity index (χ4n) is 1.93. The highest BCUT2D eigenvalue weighted by Crippen LogP contribution is 2.23. The molecule has 0 fully saturated rings. The lowest BCUT2D eigenvalue weighted by Gasteiger charge is -2.12. The summed E-state index contributed by atoms with van der Waals surface area (Å²) in [5.74, 6) is -0.994. The molecule has 0 aliphatic carbocycles. The Kier molecular flexibility index (Phi) is 4.48. The van der Waals surface area contributed by atoms with Crippen molar-refractivity contribution in [1.29, 1.82) is 0 Å². The number of anilines is 2. The third kappa shape index (κ3) is 3.42. The second kappa shape index (κ2) is 6.30. The van der Waals surface area contributed by atoms with Crippen LogP contribution < -0.4 is 11.1 Å². The molecular formula is C15H15ClN2O2. The summed E-state index contributed by atoms with van der Waals surface area (Å²) in [6.45, 7) is 0.593. The van der Waals surface area contributed by atoms with E-state index in [0.29, 0.717) is 22.9 Å². The van der Waals surface area contributed by atoms with E-state index in [9.17, 15) is 4.79 Å². The molecule has 0 saturated carbocycles. The smallest absolute Gasteiger partial charge is 0.337 e. The molecular weight excluding hydrogens is 276 g/mol. The van der Waals surface area contributed by atoms with Crippen LogP contribution >= 0.6 is 11.6 Å². The Labute approximate surface area is 122 Å². The lowest BCUT2D eigenvalue weighted by Crippen LogP contribution is -2.11. The number of carbonyl (C=O) groups is 1. The van der Waals surface area contributed by atoms with Crippen molar-refractivity contribution in [2.24, 2.45) is 0 Å². The third-order valence-electron chi connectivity index (χ3n) is 2.96. The molecule has 20 heavy (non-hydrogen) atoms. The quantitative estimate of drug-likeness (QED) is 0.739. The van der Waals surface area contributed by atoms with Crippen LogP contribution in [0.2, 0.25) is 5.02 Å². The molecule has 0 heterocycles. The van der Waals surface area contributed by atoms with Gasteiger partial charge in [0.15, 0.2) is 0 Å². The zero-order valence-corrected chi connectivity index (χ0v) is 11.5. The van der Waals surface area contributed by atoms with Crippen LogP contribution in [0.25, 0.3) is 0 Å². The third-order valence-corrected chi connectivity index (χ3v) is 3.21. The Morgan fingerprint density at radius 3 is 2.55 bits per heavy atom. The van der Waals surface area contributed by atoms with E-state index in [2.05, 4.69) is 5.32 Å². The van der Waals surface area contributed by atoms with E-state index in [1.807, 2.05) is 24.3 Å². The van der Waals surface area contributed by atoms with Gasteiger partial charge in [-0.2, -0.15) is 0 Å². The second-order valence-corrected chi connectivity index (χ2v) is 4.81. The van der Waals surface area contributed by atoms with Gasteiger partial charge in [0.25, 0.3) is 0 Å². The zero-order chi connectivity index (χ0) is 14.5. The van der Waals surface area contributed by atoms with E-state index >= 15 is 0 Å². The van der Waals surface area contributed by atoms with Gasteiger partial charge in [0, 0.05) is 11.6 Å². The SMILES string of the molecule is Nc1cccc(C(=O)O)c1NCCc1ccc(Cl)cc1. The molecule has 0 bridgehead atoms. The first kappa shape index (κ1) is 14.2. The number of rotatable bonds is 5. The Morgan fingerprint density at radius 2 is 1.90 bits per heavy atom. The average molecular weight is 291 g/mol. The molecule has 0 aliphatic rings. The van der Waals surface area contributed by atoms with Gasteiger partial charge in [-0.15, -0.1) is 0 Å². The van der Waals surface area contributed by atoms with Crippen molar-refractivity contribution in [3.63, 3.8) is 0 Å². The lowest BCUT2D eigenvalue weighted by atomic mass is 10.1. The molecule has 0 radical (unpaired) electrons. The van der Waals surface area contributed by atoms with Gasteiger partial charge in [-0.25, -0.2) is 4.79 Å². The highest BCUT2D eigenvalue weighted by molar-refractivity contribution is 6.30. The summed E-state index contributed by atoms with van der Waals surface area (Å²) in [7, 11) is 0. The van der Waals surface area contributed by atoms with Crippen molar-refractivity contribution in [1.82, 2.24) is 0 Å². The normalized spacial score (nSPS) is 10.2. The van der Waals surface area contributed by atoms with Gasteiger partial charge in [0.05, 0.1) is 16.9 Å². The Balaban J connectivity index is 2.04. The van der Waals surface area contributed by atoms with Crippen molar-refractivity contribution in [3.8, 4) is 0 Å². The second-order valence-electron chi connectivity index (χ2n) is 4.38. The summed E-state index contributed by atoms with van der Waals surface area (Å²) >= 11 is 5.82. The van der Waals surface area contributed by atoms with Gasteiger partial charge >= 0.3 is 5.97 Å². The summed E-state index contributed by atoms with van der Waals surface area (Å²) in [6.07, 6.45) is 0.755. The molecule has 2 rings (SSSR count). The van der Waals surface area contributed by atoms with E-state index in [4.69, 9.17) is 22.4 Å². The summed E-state index contributed by atoms with van der Waals surface area (Å²) in [6, 6.07) is 12.4. The van der Waals surface area contributed by atoms with Crippen LogP contribution in [-0.2, 0) is 6.42 Å². The van der Waals surface area contributed by atoms with Crippen LogP contribution in [0.1, 0.15) is 15.9 Å². The predicted molar refractivity (Wildman–Crippen MR) is 81.5 cm³/mol. The van der Waals surface area contributed by atoms with E-state index in [0.717, 1.165) is 12.0 Å². The number of aromatic carboxylic acids is 1. The van der Waals surface area contributed by atoms with Crippen LogP contribution in [0.5, 0.6) is 0 Å². The number of halogens is 1. The van der Waals surface area contributed by atoms with Crippen LogP contribution in [0, 0.1) is 0 Å². The summed E-state index contributed by atoms with van der Waals surface area (Å²) in [5.41, 5.74) is 8.01. The highest BCUT2D eigenvalue weighted by Gasteiger charge is 2.11. The van der Waals surface area contributed by atoms with Crippen LogP contribution in [0.4, 0.5) is 11.4 Å². The van der Waals surface area contributed by atoms with E-state index < -0.39 is 5.97 Å². The Hall–Kier alpha value is -2.20. The first-order valence-corrected chi connectivity index (χ1v) is 6.56. The summed E-state index contributed by atoms with van der Waals surface area (Å²) in [4.78, 5) is 11.1. The number of nitrogens with one attached hydrogen (secondary N) is 1. The average Bonchev–Trinajstić information content (AvgIpc) is 2.42. The minimum Gasteiger partial charge on any atom is -0.478 e. The first-order chi connectivity index (χ1) is 9.58. The molecule has 0 amide bonds. The van der Waals surface area contributed by atoms with Crippen molar-refractivity contribution in [2.75, 3.05) is 17.6 Å². The fraction of sp³-hybridized carbons (Fsp3) is 0.133. The van der Waals surface area contributed by atoms with Crippen LogP contribution in [-0.4, -0.2) is 17.6 Å². The molecule has 5 heteroatoms. The number of para-hydroxylation sites is 1. The largest absolute Gasteiger partial charge is 0.478 e. The molecule has 0 aliphatic heterocycles. The highest BCUT2D eigenvalue weighted by atomic mass is 35.5. The molecule has 0 saturated heterocycles. The van der Waals surface area contributed by atoms with E-state index in [-0.39, 0.29) is 5.56 Å². The van der Waals surface area contributed by atoms with Crippen molar-refractivity contribution >= 4 is 28.9 Å². The minimum absolute atomic E-state index is 0.182. The van der Waals surface area contributed by atoms with Gasteiger partial charge in [-0.05, 0) is 36.2 Å². The number of benzene rings is 2. The standard InChI is InChI=1S/C15H15ClN2O2/c16-11-6-4-10(5-7-11)8-9-18-14-12(15(19)20)2-1-3-13(14)17/h1-7,18H,8-9,17H2,(H,19,20). The van der Waals surface area contributed by atoms with Crippen molar-refractivity contribution < 1.29 is 9.90 Å². The fourth-order valence-corrected chi connectivity index (χ4v) is 2.05. The number of nitrogen functional groups attached to an aromatic ring is 1. The summed E-state index contributed by atoms with van der Waals surface area (Å²) < 4.78 is 0. The van der Waals surface area contributed by atoms with Gasteiger partial charge in [0.2, 0.25) is 0 Å². The molecule has 2 aromatic carbocycles. The van der Waals surface area contributed by atoms with Crippen molar-refractivity contribution in [2.45, 2.75) is 6.42 Å². The molecule has 4 N–H and O–H groups in total. The molecule has 104 valence electrons. The molecule has 4 nitrogen and oxygen atoms in total. The summed E-state index contributed by atoms with van der Waals surface area (Å²) in [5, 5.41) is 12.9. The van der Waals surface area contributed by atoms with Gasteiger partial charge in [-0.1, -0.05) is 29.8 Å². The predicted octanol–water partition coefficient (Wildman–Crippen LogP) is 3.28. The molecule has 2 aromatic rings. The molecule has 0 spiro atoms. The van der Waals surface area contributed by atoms with E-state index in [1.54, 1.807) is 12.1 Å². The van der Waals surface area contributed by atoms with Crippen molar-refractivity contribution in [3.05, 3.63) is 58.6 Å². The molecule has 0 unspecified atom stereocenters. The topological polar surface area (TPSA) is 75.4 Å². The van der Waals surface area contributed by atoms with Gasteiger partial charge in [-0.3, -0.25) is 0 Å². The monoisotopic (exact) mass is 290 g/mol. The number of carboxylic acid groups (broad SMARTS) is 1. The first-order valence-electron chi connectivity index (χ1n) is 6.18. The number of hydrogen-bond acceptors (Lipinski definition) is 3. The Bertz CT molecular complexity index is 612. The number of nitrogens with two attached hydrogens (primary N) is 1. The van der Waals surface area contributed by atoms with Gasteiger partial charge in [0.1, 0.15) is 0 Å². The Morgan fingerprint density at radius 1 is 1.20 bits per heavy atom. The minimum atomic E-state index is -0.994. The lowest BCUT2D eigenvalue weighted by molar-refractivity contribution is 0.0698. The van der Waals surface area contributed by atoms with Crippen LogP contribution in [0.3, 0.4) is 0 Å². The number of hydrogen-bond donors (Lipinski definition) is 3. The van der Waals surface area contributed by atoms with E-state index in [1.165, 1.54) is 6.07 Å². The maximum absolute atomic E-state index is 11.1. The molecule has 0 aromatic heterocycles. The molecule has 0 atom stereocenters.